The van der Waals surface area contributed by atoms with E-state index in [4.69, 9.17) is 9.47 Å². The van der Waals surface area contributed by atoms with E-state index in [-0.39, 0.29) is 10.0 Å². The van der Waals surface area contributed by atoms with E-state index < -0.39 is 23.8 Å². The number of esters is 1. The van der Waals surface area contributed by atoms with Crippen LogP contribution in [0.4, 0.5) is 10.1 Å². The lowest BCUT2D eigenvalue weighted by Crippen LogP contribution is -2.30. The fourth-order valence-electron chi connectivity index (χ4n) is 1.85. The first-order valence-corrected chi connectivity index (χ1v) is 7.81. The molecule has 0 spiro atoms. The van der Waals surface area contributed by atoms with Gasteiger partial charge in [0.1, 0.15) is 11.6 Å². The Kier molecular flexibility index (Phi) is 5.92. The van der Waals surface area contributed by atoms with Crippen LogP contribution < -0.4 is 10.1 Å². The fraction of sp³-hybridized carbons (Fsp3) is 0.176. The molecular formula is C17H15BrFNO4. The molecule has 0 aromatic heterocycles. The number of hydrogen-bond donors (Lipinski definition) is 1. The number of rotatable bonds is 5. The van der Waals surface area contributed by atoms with Crippen molar-refractivity contribution >= 4 is 33.5 Å². The molecule has 0 aliphatic heterocycles. The van der Waals surface area contributed by atoms with Crippen LogP contribution in [0.5, 0.6) is 5.75 Å². The Balaban J connectivity index is 1.98. The van der Waals surface area contributed by atoms with E-state index in [2.05, 4.69) is 21.2 Å². The SMILES string of the molecule is COc1ccc(NC(=O)[C@H](C)OC(=O)c2ccc(F)cc2Br)cc1. The number of ether oxygens (including phenoxy) is 2. The second-order valence-corrected chi connectivity index (χ2v) is 5.74. The molecule has 2 aromatic carbocycles. The minimum atomic E-state index is -1.02. The van der Waals surface area contributed by atoms with Crippen LogP contribution in [0.25, 0.3) is 0 Å². The zero-order chi connectivity index (χ0) is 17.7. The van der Waals surface area contributed by atoms with Crippen molar-refractivity contribution in [3.05, 3.63) is 58.3 Å². The van der Waals surface area contributed by atoms with Crippen molar-refractivity contribution in [2.24, 2.45) is 0 Å². The van der Waals surface area contributed by atoms with Crippen molar-refractivity contribution < 1.29 is 23.5 Å². The van der Waals surface area contributed by atoms with Crippen molar-refractivity contribution in [1.82, 2.24) is 0 Å². The molecule has 0 bridgehead atoms. The third-order valence-electron chi connectivity index (χ3n) is 3.16. The lowest BCUT2D eigenvalue weighted by molar-refractivity contribution is -0.123. The summed E-state index contributed by atoms with van der Waals surface area (Å²) in [6.45, 7) is 1.45. The van der Waals surface area contributed by atoms with E-state index in [0.717, 1.165) is 12.1 Å². The highest BCUT2D eigenvalue weighted by Gasteiger charge is 2.20. The van der Waals surface area contributed by atoms with Gasteiger partial charge in [0.15, 0.2) is 6.10 Å². The molecule has 0 fully saturated rings. The van der Waals surface area contributed by atoms with Crippen LogP contribution in [-0.4, -0.2) is 25.1 Å². The molecule has 126 valence electrons. The second kappa shape index (κ2) is 7.92. The van der Waals surface area contributed by atoms with Crippen molar-refractivity contribution in [3.63, 3.8) is 0 Å². The van der Waals surface area contributed by atoms with E-state index in [0.29, 0.717) is 11.4 Å². The standard InChI is InChI=1S/C17H15BrFNO4/c1-10(16(21)20-12-4-6-13(23-2)7-5-12)24-17(22)14-8-3-11(19)9-15(14)18/h3-10H,1-2H3,(H,20,21)/t10-/m0/s1. The molecule has 2 rings (SSSR count). The van der Waals surface area contributed by atoms with Crippen LogP contribution in [0.15, 0.2) is 46.9 Å². The Morgan fingerprint density at radius 1 is 1.17 bits per heavy atom. The molecule has 0 heterocycles. The molecule has 1 amide bonds. The Hall–Kier alpha value is -2.41. The summed E-state index contributed by atoms with van der Waals surface area (Å²) in [5.41, 5.74) is 0.687. The molecule has 0 saturated carbocycles. The minimum absolute atomic E-state index is 0.139. The zero-order valence-electron chi connectivity index (χ0n) is 13.0. The van der Waals surface area contributed by atoms with Crippen LogP contribution in [0.3, 0.4) is 0 Å². The molecule has 0 aliphatic rings. The predicted molar refractivity (Wildman–Crippen MR) is 90.6 cm³/mol. The largest absolute Gasteiger partial charge is 0.497 e. The molecular weight excluding hydrogens is 381 g/mol. The molecule has 0 saturated heterocycles. The molecule has 0 radical (unpaired) electrons. The number of carbonyl (C=O) groups excluding carboxylic acids is 2. The number of halogens is 2. The van der Waals surface area contributed by atoms with Gasteiger partial charge in [0.2, 0.25) is 0 Å². The van der Waals surface area contributed by atoms with Gasteiger partial charge in [-0.25, -0.2) is 9.18 Å². The highest BCUT2D eigenvalue weighted by molar-refractivity contribution is 9.10. The van der Waals surface area contributed by atoms with Crippen LogP contribution in [0.2, 0.25) is 0 Å². The van der Waals surface area contributed by atoms with Gasteiger partial charge in [-0.2, -0.15) is 0 Å². The van der Waals surface area contributed by atoms with Gasteiger partial charge in [-0.1, -0.05) is 0 Å². The molecule has 0 unspecified atom stereocenters. The fourth-order valence-corrected chi connectivity index (χ4v) is 2.36. The van der Waals surface area contributed by atoms with Gasteiger partial charge < -0.3 is 14.8 Å². The molecule has 1 atom stereocenters. The Morgan fingerprint density at radius 2 is 1.83 bits per heavy atom. The summed E-state index contributed by atoms with van der Waals surface area (Å²) in [6, 6.07) is 10.3. The van der Waals surface area contributed by atoms with Gasteiger partial charge in [-0.05, 0) is 65.3 Å². The van der Waals surface area contributed by atoms with Crippen LogP contribution in [0, 0.1) is 5.82 Å². The Labute approximate surface area is 146 Å². The lowest BCUT2D eigenvalue weighted by Gasteiger charge is -2.14. The maximum absolute atomic E-state index is 13.0. The summed E-state index contributed by atoms with van der Waals surface area (Å²) >= 11 is 3.09. The summed E-state index contributed by atoms with van der Waals surface area (Å²) in [6.07, 6.45) is -1.02. The first kappa shape index (κ1) is 17.9. The monoisotopic (exact) mass is 395 g/mol. The van der Waals surface area contributed by atoms with E-state index in [9.17, 15) is 14.0 Å². The van der Waals surface area contributed by atoms with Gasteiger partial charge >= 0.3 is 5.97 Å². The Bertz CT molecular complexity index is 749. The average Bonchev–Trinajstić information content (AvgIpc) is 2.55. The van der Waals surface area contributed by atoms with Crippen molar-refractivity contribution in [2.75, 3.05) is 12.4 Å². The molecule has 1 N–H and O–H groups in total. The van der Waals surface area contributed by atoms with Crippen molar-refractivity contribution in [3.8, 4) is 5.75 Å². The first-order chi connectivity index (χ1) is 11.4. The normalized spacial score (nSPS) is 11.5. The number of methoxy groups -OCH3 is 1. The summed E-state index contributed by atoms with van der Waals surface area (Å²) in [4.78, 5) is 24.1. The van der Waals surface area contributed by atoms with Gasteiger partial charge in [-0.3, -0.25) is 4.79 Å². The van der Waals surface area contributed by atoms with Crippen LogP contribution in [-0.2, 0) is 9.53 Å². The maximum Gasteiger partial charge on any atom is 0.340 e. The number of carbonyl (C=O) groups is 2. The molecule has 7 heteroatoms. The van der Waals surface area contributed by atoms with E-state index >= 15 is 0 Å². The quantitative estimate of drug-likeness (QED) is 0.782. The van der Waals surface area contributed by atoms with Gasteiger partial charge in [-0.15, -0.1) is 0 Å². The van der Waals surface area contributed by atoms with Gasteiger partial charge in [0.05, 0.1) is 12.7 Å². The number of hydrogen-bond acceptors (Lipinski definition) is 4. The van der Waals surface area contributed by atoms with Gasteiger partial charge in [0, 0.05) is 10.2 Å². The smallest absolute Gasteiger partial charge is 0.340 e. The molecule has 2 aromatic rings. The van der Waals surface area contributed by atoms with Crippen LogP contribution in [0.1, 0.15) is 17.3 Å². The first-order valence-electron chi connectivity index (χ1n) is 7.01. The number of amides is 1. The number of benzene rings is 2. The third kappa shape index (κ3) is 4.55. The van der Waals surface area contributed by atoms with E-state index in [1.807, 2.05) is 0 Å². The highest BCUT2D eigenvalue weighted by atomic mass is 79.9. The van der Waals surface area contributed by atoms with Crippen molar-refractivity contribution in [2.45, 2.75) is 13.0 Å². The zero-order valence-corrected chi connectivity index (χ0v) is 14.6. The number of anilines is 1. The molecule has 5 nitrogen and oxygen atoms in total. The average molecular weight is 396 g/mol. The number of nitrogens with one attached hydrogen (secondary N) is 1. The summed E-state index contributed by atoms with van der Waals surface area (Å²) in [7, 11) is 1.54. The maximum atomic E-state index is 13.0. The molecule has 24 heavy (non-hydrogen) atoms. The molecule has 0 aliphatic carbocycles. The van der Waals surface area contributed by atoms with Crippen molar-refractivity contribution in [1.29, 1.82) is 0 Å². The predicted octanol–water partition coefficient (Wildman–Crippen LogP) is 3.78. The van der Waals surface area contributed by atoms with E-state index in [1.165, 1.54) is 13.0 Å². The summed E-state index contributed by atoms with van der Waals surface area (Å²) < 4.78 is 23.4. The summed E-state index contributed by atoms with van der Waals surface area (Å²) in [5.74, 6) is -1.02. The lowest BCUT2D eigenvalue weighted by atomic mass is 10.2. The summed E-state index contributed by atoms with van der Waals surface area (Å²) in [5, 5.41) is 2.63. The highest BCUT2D eigenvalue weighted by Crippen LogP contribution is 2.20. The Morgan fingerprint density at radius 3 is 2.42 bits per heavy atom. The minimum Gasteiger partial charge on any atom is -0.497 e. The van der Waals surface area contributed by atoms with Crippen LogP contribution >= 0.6 is 15.9 Å². The topological polar surface area (TPSA) is 64.6 Å². The van der Waals surface area contributed by atoms with E-state index in [1.54, 1.807) is 31.4 Å². The third-order valence-corrected chi connectivity index (χ3v) is 3.82. The second-order valence-electron chi connectivity index (χ2n) is 4.89. The van der Waals surface area contributed by atoms with Gasteiger partial charge in [0.25, 0.3) is 5.91 Å².